The third-order valence-corrected chi connectivity index (χ3v) is 4.44. The second-order valence-corrected chi connectivity index (χ2v) is 6.18. The van der Waals surface area contributed by atoms with Crippen LogP contribution >= 0.6 is 12.4 Å². The lowest BCUT2D eigenvalue weighted by atomic mass is 10.0. The van der Waals surface area contributed by atoms with Crippen molar-refractivity contribution in [2.24, 2.45) is 11.8 Å². The number of anilines is 1. The van der Waals surface area contributed by atoms with E-state index in [0.717, 1.165) is 37.7 Å². The summed E-state index contributed by atoms with van der Waals surface area (Å²) < 4.78 is 0. The average Bonchev–Trinajstić information content (AvgIpc) is 3.16. The normalized spacial score (nSPS) is 20.9. The highest BCUT2D eigenvalue weighted by Crippen LogP contribution is 2.32. The van der Waals surface area contributed by atoms with E-state index in [2.05, 4.69) is 17.4 Å². The van der Waals surface area contributed by atoms with Gasteiger partial charge >= 0.3 is 0 Å². The molecule has 2 fully saturated rings. The number of nitrogens with one attached hydrogen (secondary N) is 1. The molecule has 4 heteroatoms. The van der Waals surface area contributed by atoms with Crippen molar-refractivity contribution in [2.75, 3.05) is 24.5 Å². The van der Waals surface area contributed by atoms with Crippen LogP contribution in [0.1, 0.15) is 32.1 Å². The Hall–Kier alpha value is -1.06. The first-order valence-corrected chi connectivity index (χ1v) is 7.89. The van der Waals surface area contributed by atoms with Crippen LogP contribution in [0.15, 0.2) is 30.3 Å². The summed E-state index contributed by atoms with van der Waals surface area (Å²) in [6.07, 6.45) is 5.50. The lowest BCUT2D eigenvalue weighted by molar-refractivity contribution is -0.118. The summed E-state index contributed by atoms with van der Waals surface area (Å²) in [4.78, 5) is 14.6. The molecule has 1 saturated carbocycles. The Morgan fingerprint density at radius 3 is 2.52 bits per heavy atom. The van der Waals surface area contributed by atoms with Gasteiger partial charge in [-0.05, 0) is 62.7 Å². The molecule has 1 aromatic rings. The number of halogens is 1. The molecule has 1 aliphatic heterocycles. The molecule has 1 heterocycles. The van der Waals surface area contributed by atoms with Gasteiger partial charge in [0.25, 0.3) is 0 Å². The standard InChI is InChI=1S/C17H24N2O.ClH/c20-17(9-8-14-10-11-18-12-14)19(13-15-6-7-15)16-4-2-1-3-5-16;/h1-5,14-15,18H,6-13H2;1H. The van der Waals surface area contributed by atoms with Gasteiger partial charge in [-0.1, -0.05) is 18.2 Å². The molecule has 3 nitrogen and oxygen atoms in total. The molecule has 2 aliphatic rings. The lowest BCUT2D eigenvalue weighted by Crippen LogP contribution is -2.33. The van der Waals surface area contributed by atoms with Crippen molar-refractivity contribution in [3.8, 4) is 0 Å². The molecule has 3 rings (SSSR count). The van der Waals surface area contributed by atoms with Crippen LogP contribution in [0, 0.1) is 11.8 Å². The number of benzene rings is 1. The van der Waals surface area contributed by atoms with Gasteiger partial charge in [-0.15, -0.1) is 12.4 Å². The average molecular weight is 309 g/mol. The fourth-order valence-corrected chi connectivity index (χ4v) is 2.94. The maximum atomic E-state index is 12.6. The Morgan fingerprint density at radius 1 is 1.14 bits per heavy atom. The number of para-hydroxylation sites is 1. The second-order valence-electron chi connectivity index (χ2n) is 6.18. The molecule has 1 aliphatic carbocycles. The van der Waals surface area contributed by atoms with E-state index >= 15 is 0 Å². The SMILES string of the molecule is Cl.O=C(CCC1CCNC1)N(CC1CC1)c1ccccc1. The molecule has 21 heavy (non-hydrogen) atoms. The number of nitrogens with zero attached hydrogens (tertiary/aromatic N) is 1. The molecule has 1 N–H and O–H groups in total. The Morgan fingerprint density at radius 2 is 1.90 bits per heavy atom. The maximum Gasteiger partial charge on any atom is 0.226 e. The topological polar surface area (TPSA) is 32.3 Å². The zero-order valence-corrected chi connectivity index (χ0v) is 13.3. The van der Waals surface area contributed by atoms with E-state index in [0.29, 0.717) is 18.2 Å². The number of amides is 1. The summed E-state index contributed by atoms with van der Waals surface area (Å²) in [7, 11) is 0. The zero-order valence-electron chi connectivity index (χ0n) is 12.5. The third-order valence-electron chi connectivity index (χ3n) is 4.44. The van der Waals surface area contributed by atoms with Crippen molar-refractivity contribution < 1.29 is 4.79 Å². The molecule has 1 saturated heterocycles. The molecule has 1 atom stereocenters. The first-order valence-electron chi connectivity index (χ1n) is 7.89. The van der Waals surface area contributed by atoms with E-state index in [1.54, 1.807) is 0 Å². The monoisotopic (exact) mass is 308 g/mol. The van der Waals surface area contributed by atoms with Crippen LogP contribution in [0.5, 0.6) is 0 Å². The molecule has 1 unspecified atom stereocenters. The predicted octanol–water partition coefficient (Wildman–Crippen LogP) is 3.24. The van der Waals surface area contributed by atoms with Crippen molar-refractivity contribution in [3.05, 3.63) is 30.3 Å². The van der Waals surface area contributed by atoms with Crippen molar-refractivity contribution in [1.29, 1.82) is 0 Å². The van der Waals surface area contributed by atoms with Gasteiger partial charge < -0.3 is 10.2 Å². The molecule has 0 radical (unpaired) electrons. The zero-order chi connectivity index (χ0) is 13.8. The molecular weight excluding hydrogens is 284 g/mol. The van der Waals surface area contributed by atoms with Crippen LogP contribution in [0.4, 0.5) is 5.69 Å². The molecule has 0 spiro atoms. The number of hydrogen-bond donors (Lipinski definition) is 1. The van der Waals surface area contributed by atoms with Gasteiger partial charge in [-0.2, -0.15) is 0 Å². The highest BCUT2D eigenvalue weighted by Gasteiger charge is 2.28. The fraction of sp³-hybridized carbons (Fsp3) is 0.588. The van der Waals surface area contributed by atoms with Gasteiger partial charge in [0.05, 0.1) is 0 Å². The van der Waals surface area contributed by atoms with Crippen molar-refractivity contribution in [2.45, 2.75) is 32.1 Å². The minimum Gasteiger partial charge on any atom is -0.316 e. The predicted molar refractivity (Wildman–Crippen MR) is 89.0 cm³/mol. The molecule has 1 aromatic carbocycles. The number of carbonyl (C=O) groups excluding carboxylic acids is 1. The summed E-state index contributed by atoms with van der Waals surface area (Å²) in [6, 6.07) is 10.1. The van der Waals surface area contributed by atoms with Gasteiger partial charge in [-0.25, -0.2) is 0 Å². The van der Waals surface area contributed by atoms with Gasteiger partial charge in [0.15, 0.2) is 0 Å². The Balaban J connectivity index is 0.00000161. The van der Waals surface area contributed by atoms with Crippen LogP contribution in [-0.4, -0.2) is 25.5 Å². The van der Waals surface area contributed by atoms with Crippen molar-refractivity contribution >= 4 is 24.0 Å². The van der Waals surface area contributed by atoms with E-state index < -0.39 is 0 Å². The van der Waals surface area contributed by atoms with Gasteiger partial charge in [0, 0.05) is 18.7 Å². The van der Waals surface area contributed by atoms with Crippen LogP contribution in [0.25, 0.3) is 0 Å². The third kappa shape index (κ3) is 4.72. The van der Waals surface area contributed by atoms with Crippen LogP contribution in [-0.2, 0) is 4.79 Å². The van der Waals surface area contributed by atoms with E-state index in [4.69, 9.17) is 0 Å². The number of rotatable bonds is 6. The molecule has 1 amide bonds. The maximum absolute atomic E-state index is 12.6. The summed E-state index contributed by atoms with van der Waals surface area (Å²) in [5, 5.41) is 3.37. The highest BCUT2D eigenvalue weighted by molar-refractivity contribution is 5.93. The first-order chi connectivity index (χ1) is 9.83. The molecular formula is C17H25ClN2O. The van der Waals surface area contributed by atoms with E-state index in [-0.39, 0.29) is 12.4 Å². The van der Waals surface area contributed by atoms with E-state index in [1.807, 2.05) is 23.1 Å². The Bertz CT molecular complexity index is 441. The van der Waals surface area contributed by atoms with Crippen LogP contribution in [0.2, 0.25) is 0 Å². The summed E-state index contributed by atoms with van der Waals surface area (Å²) in [6.45, 7) is 3.11. The minimum absolute atomic E-state index is 0. The minimum atomic E-state index is 0. The first kappa shape index (κ1) is 16.3. The van der Waals surface area contributed by atoms with E-state index in [1.165, 1.54) is 19.3 Å². The molecule has 0 aromatic heterocycles. The Kier molecular flexibility index (Phi) is 6.07. The highest BCUT2D eigenvalue weighted by atomic mass is 35.5. The largest absolute Gasteiger partial charge is 0.316 e. The molecule has 116 valence electrons. The second kappa shape index (κ2) is 7.81. The summed E-state index contributed by atoms with van der Waals surface area (Å²) in [5.41, 5.74) is 1.06. The molecule has 0 bridgehead atoms. The quantitative estimate of drug-likeness (QED) is 0.875. The van der Waals surface area contributed by atoms with Gasteiger partial charge in [-0.3, -0.25) is 4.79 Å². The van der Waals surface area contributed by atoms with E-state index in [9.17, 15) is 4.79 Å². The van der Waals surface area contributed by atoms with Crippen molar-refractivity contribution in [1.82, 2.24) is 5.32 Å². The van der Waals surface area contributed by atoms with Gasteiger partial charge in [0.1, 0.15) is 0 Å². The van der Waals surface area contributed by atoms with Crippen LogP contribution in [0.3, 0.4) is 0 Å². The number of carbonyl (C=O) groups is 1. The fourth-order valence-electron chi connectivity index (χ4n) is 2.94. The summed E-state index contributed by atoms with van der Waals surface area (Å²) in [5.74, 6) is 1.72. The smallest absolute Gasteiger partial charge is 0.226 e. The summed E-state index contributed by atoms with van der Waals surface area (Å²) >= 11 is 0. The van der Waals surface area contributed by atoms with Crippen molar-refractivity contribution in [3.63, 3.8) is 0 Å². The lowest BCUT2D eigenvalue weighted by Gasteiger charge is -2.23. The Labute approximate surface area is 133 Å². The number of hydrogen-bond acceptors (Lipinski definition) is 2. The van der Waals surface area contributed by atoms with Gasteiger partial charge in [0.2, 0.25) is 5.91 Å². The van der Waals surface area contributed by atoms with Crippen LogP contribution < -0.4 is 10.2 Å².